The highest BCUT2D eigenvalue weighted by Crippen LogP contribution is 2.42. The van der Waals surface area contributed by atoms with Crippen LogP contribution in [0.15, 0.2) is 0 Å². The molecule has 0 aromatic rings. The summed E-state index contributed by atoms with van der Waals surface area (Å²) in [5.41, 5.74) is -0.586. The lowest BCUT2D eigenvalue weighted by Crippen LogP contribution is -2.41. The number of hydrogen-bond acceptors (Lipinski definition) is 2. The molecule has 2 nitrogen and oxygen atoms in total. The van der Waals surface area contributed by atoms with E-state index in [1.54, 1.807) is 0 Å². The van der Waals surface area contributed by atoms with Gasteiger partial charge < -0.3 is 5.11 Å². The van der Waals surface area contributed by atoms with Crippen LogP contribution in [0.4, 0.5) is 0 Å². The monoisotopic (exact) mass is 196 g/mol. The van der Waals surface area contributed by atoms with Gasteiger partial charge in [-0.25, -0.2) is 0 Å². The van der Waals surface area contributed by atoms with Gasteiger partial charge in [0, 0.05) is 12.3 Å². The molecule has 2 fully saturated rings. The van der Waals surface area contributed by atoms with Crippen molar-refractivity contribution in [3.8, 4) is 0 Å². The molecule has 1 N–H and O–H groups in total. The van der Waals surface area contributed by atoms with Crippen LogP contribution in [0.5, 0.6) is 0 Å². The first-order valence-corrected chi connectivity index (χ1v) is 5.86. The van der Waals surface area contributed by atoms with Crippen molar-refractivity contribution in [1.29, 1.82) is 0 Å². The largest absolute Gasteiger partial charge is 0.390 e. The summed E-state index contributed by atoms with van der Waals surface area (Å²) >= 11 is 0. The van der Waals surface area contributed by atoms with Gasteiger partial charge in [0.1, 0.15) is 5.78 Å². The normalized spacial score (nSPS) is 44.3. The molecule has 3 atom stereocenters. The van der Waals surface area contributed by atoms with Crippen LogP contribution in [0.1, 0.15) is 51.9 Å². The van der Waals surface area contributed by atoms with Crippen molar-refractivity contribution in [2.24, 2.45) is 11.8 Å². The fraction of sp³-hybridized carbons (Fsp3) is 0.917. The highest BCUT2D eigenvalue weighted by molar-refractivity contribution is 5.81. The average Bonchev–Trinajstić information content (AvgIpc) is 2.27. The predicted molar refractivity (Wildman–Crippen MR) is 54.9 cm³/mol. The second-order valence-corrected chi connectivity index (χ2v) is 5.17. The van der Waals surface area contributed by atoms with Gasteiger partial charge >= 0.3 is 0 Å². The van der Waals surface area contributed by atoms with E-state index < -0.39 is 5.60 Å². The molecule has 2 rings (SSSR count). The maximum Gasteiger partial charge on any atom is 0.136 e. The smallest absolute Gasteiger partial charge is 0.136 e. The summed E-state index contributed by atoms with van der Waals surface area (Å²) in [4.78, 5) is 11.8. The number of Topliss-reactive ketones (excluding diaryl/α,β-unsaturated/α-hetero) is 1. The molecule has 0 radical (unpaired) electrons. The van der Waals surface area contributed by atoms with E-state index in [0.29, 0.717) is 12.2 Å². The number of hydrogen-bond donors (Lipinski definition) is 1. The molecule has 0 amide bonds. The van der Waals surface area contributed by atoms with Gasteiger partial charge in [-0.15, -0.1) is 0 Å². The van der Waals surface area contributed by atoms with Gasteiger partial charge in [-0.3, -0.25) is 4.79 Å². The van der Waals surface area contributed by atoms with E-state index in [4.69, 9.17) is 0 Å². The van der Waals surface area contributed by atoms with Crippen molar-refractivity contribution in [1.82, 2.24) is 0 Å². The molecule has 14 heavy (non-hydrogen) atoms. The van der Waals surface area contributed by atoms with Gasteiger partial charge in [0.05, 0.1) is 5.60 Å². The molecule has 2 aliphatic carbocycles. The van der Waals surface area contributed by atoms with Gasteiger partial charge in [0.2, 0.25) is 0 Å². The lowest BCUT2D eigenvalue weighted by Gasteiger charge is -2.38. The van der Waals surface area contributed by atoms with Gasteiger partial charge in [0.25, 0.3) is 0 Å². The highest BCUT2D eigenvalue weighted by Gasteiger charge is 2.43. The topological polar surface area (TPSA) is 37.3 Å². The summed E-state index contributed by atoms with van der Waals surface area (Å²) in [5, 5.41) is 10.3. The highest BCUT2D eigenvalue weighted by atomic mass is 16.3. The van der Waals surface area contributed by atoms with Crippen molar-refractivity contribution >= 4 is 5.78 Å². The van der Waals surface area contributed by atoms with E-state index in [2.05, 4.69) is 0 Å². The number of aliphatic hydroxyl groups is 1. The Morgan fingerprint density at radius 3 is 2.79 bits per heavy atom. The zero-order chi connectivity index (χ0) is 10.2. The van der Waals surface area contributed by atoms with Crippen LogP contribution >= 0.6 is 0 Å². The van der Waals surface area contributed by atoms with E-state index in [1.807, 2.05) is 6.92 Å². The van der Waals surface area contributed by atoms with Crippen LogP contribution in [-0.2, 0) is 4.79 Å². The predicted octanol–water partition coefficient (Wildman–Crippen LogP) is 2.30. The third-order valence-corrected chi connectivity index (χ3v) is 4.08. The molecule has 2 heteroatoms. The maximum absolute atomic E-state index is 11.8. The summed E-state index contributed by atoms with van der Waals surface area (Å²) in [6.07, 6.45) is 6.78. The zero-order valence-corrected chi connectivity index (χ0v) is 8.96. The zero-order valence-electron chi connectivity index (χ0n) is 8.96. The molecule has 80 valence electrons. The van der Waals surface area contributed by atoms with E-state index in [-0.39, 0.29) is 11.8 Å². The third-order valence-electron chi connectivity index (χ3n) is 4.08. The fourth-order valence-corrected chi connectivity index (χ4v) is 3.25. The first-order chi connectivity index (χ1) is 6.61. The maximum atomic E-state index is 11.8. The summed E-state index contributed by atoms with van der Waals surface area (Å²) < 4.78 is 0. The van der Waals surface area contributed by atoms with E-state index >= 15 is 0 Å². The van der Waals surface area contributed by atoms with Gasteiger partial charge in [-0.2, -0.15) is 0 Å². The van der Waals surface area contributed by atoms with Gasteiger partial charge in [-0.1, -0.05) is 12.8 Å². The van der Waals surface area contributed by atoms with Crippen LogP contribution in [0, 0.1) is 11.8 Å². The van der Waals surface area contributed by atoms with Crippen LogP contribution in [0.3, 0.4) is 0 Å². The number of rotatable bonds is 0. The second kappa shape index (κ2) is 3.65. The van der Waals surface area contributed by atoms with E-state index in [9.17, 15) is 9.90 Å². The van der Waals surface area contributed by atoms with Crippen molar-refractivity contribution in [2.75, 3.05) is 0 Å². The lowest BCUT2D eigenvalue weighted by molar-refractivity contribution is -0.128. The van der Waals surface area contributed by atoms with Gasteiger partial charge in [0.15, 0.2) is 0 Å². The molecule has 2 aliphatic rings. The number of fused-ring (bicyclic) bond motifs is 1. The Bertz CT molecular complexity index is 232. The SMILES string of the molecule is CC1(O)CCCC(=O)C2CCCCC21. The van der Waals surface area contributed by atoms with Crippen LogP contribution in [0.25, 0.3) is 0 Å². The van der Waals surface area contributed by atoms with E-state index in [0.717, 1.165) is 25.7 Å². The summed E-state index contributed by atoms with van der Waals surface area (Å²) in [7, 11) is 0. The Balaban J connectivity index is 2.22. The third kappa shape index (κ3) is 1.72. The first kappa shape index (κ1) is 10.2. The van der Waals surface area contributed by atoms with Crippen molar-refractivity contribution in [3.63, 3.8) is 0 Å². The molecule has 2 saturated carbocycles. The molecule has 0 heterocycles. The first-order valence-electron chi connectivity index (χ1n) is 5.86. The molecule has 0 aliphatic heterocycles. The number of carbonyl (C=O) groups excluding carboxylic acids is 1. The Hall–Kier alpha value is -0.370. The Morgan fingerprint density at radius 1 is 1.29 bits per heavy atom. The van der Waals surface area contributed by atoms with Crippen LogP contribution in [-0.4, -0.2) is 16.5 Å². The van der Waals surface area contributed by atoms with E-state index in [1.165, 1.54) is 12.8 Å². The summed E-state index contributed by atoms with van der Waals surface area (Å²) in [6, 6.07) is 0. The molecular formula is C12H20O2. The van der Waals surface area contributed by atoms with Gasteiger partial charge in [-0.05, 0) is 38.5 Å². The number of ketones is 1. The molecule has 0 saturated heterocycles. The molecular weight excluding hydrogens is 176 g/mol. The average molecular weight is 196 g/mol. The van der Waals surface area contributed by atoms with Crippen LogP contribution < -0.4 is 0 Å². The van der Waals surface area contributed by atoms with Crippen molar-refractivity contribution in [3.05, 3.63) is 0 Å². The Kier molecular flexibility index (Phi) is 2.65. The Labute approximate surface area is 85.7 Å². The molecule has 0 bridgehead atoms. The molecule has 3 unspecified atom stereocenters. The van der Waals surface area contributed by atoms with Crippen LogP contribution in [0.2, 0.25) is 0 Å². The Morgan fingerprint density at radius 2 is 2.00 bits per heavy atom. The minimum atomic E-state index is -0.586. The molecule has 0 aromatic carbocycles. The standard InChI is InChI=1S/C12H20O2/c1-12(14)8-4-7-11(13)9-5-2-3-6-10(9)12/h9-10,14H,2-8H2,1H3. The summed E-state index contributed by atoms with van der Waals surface area (Å²) in [5.74, 6) is 0.819. The quantitative estimate of drug-likeness (QED) is 0.645. The number of carbonyl (C=O) groups is 1. The minimum absolute atomic E-state index is 0.168. The summed E-state index contributed by atoms with van der Waals surface area (Å²) in [6.45, 7) is 1.93. The van der Waals surface area contributed by atoms with Crippen molar-refractivity contribution < 1.29 is 9.90 Å². The molecule has 0 spiro atoms. The van der Waals surface area contributed by atoms with Crippen molar-refractivity contribution in [2.45, 2.75) is 57.5 Å². The molecule has 0 aromatic heterocycles. The minimum Gasteiger partial charge on any atom is -0.390 e. The second-order valence-electron chi connectivity index (χ2n) is 5.17. The fourth-order valence-electron chi connectivity index (χ4n) is 3.25. The lowest BCUT2D eigenvalue weighted by atomic mass is 9.70.